The summed E-state index contributed by atoms with van der Waals surface area (Å²) in [5.41, 5.74) is 3.17. The van der Waals surface area contributed by atoms with E-state index in [4.69, 9.17) is 32.6 Å². The van der Waals surface area contributed by atoms with E-state index in [1.807, 2.05) is 38.1 Å². The molecule has 0 aliphatic carbocycles. The Hall–Kier alpha value is -4.02. The third-order valence-corrected chi connectivity index (χ3v) is 7.30. The monoisotopic (exact) mass is 668 g/mol. The minimum absolute atomic E-state index is 0.0114. The van der Waals surface area contributed by atoms with Crippen molar-refractivity contribution in [1.29, 1.82) is 0 Å². The average Bonchev–Trinajstić information content (AvgIpc) is 3.32. The molecule has 5 atom stereocenters. The highest BCUT2D eigenvalue weighted by molar-refractivity contribution is 7.85. The van der Waals surface area contributed by atoms with Crippen LogP contribution in [0.2, 0.25) is 0 Å². The van der Waals surface area contributed by atoms with Crippen LogP contribution in [0.3, 0.4) is 0 Å². The number of hydrogen-bond donors (Lipinski definition) is 1. The molecule has 0 amide bonds. The first-order valence-electron chi connectivity index (χ1n) is 14.5. The highest BCUT2D eigenvalue weighted by Gasteiger charge is 2.53. The van der Waals surface area contributed by atoms with Gasteiger partial charge in [-0.2, -0.15) is 8.42 Å². The molecule has 254 valence electrons. The molecule has 16 heteroatoms. The van der Waals surface area contributed by atoms with Gasteiger partial charge in [0.05, 0.1) is 12.9 Å². The summed E-state index contributed by atoms with van der Waals surface area (Å²) in [5, 5.41) is 7.34. The minimum Gasteiger partial charge on any atom is -0.463 e. The summed E-state index contributed by atoms with van der Waals surface area (Å²) in [6.45, 7) is 8.13. The number of aromatic nitrogens is 2. The zero-order valence-electron chi connectivity index (χ0n) is 26.8. The largest absolute Gasteiger partial charge is 0.463 e. The van der Waals surface area contributed by atoms with Crippen LogP contribution in [0.5, 0.6) is 5.88 Å². The van der Waals surface area contributed by atoms with Crippen molar-refractivity contribution in [2.24, 2.45) is 0 Å². The second-order valence-corrected chi connectivity index (χ2v) is 12.7. The normalized spacial score (nSPS) is 21.3. The van der Waals surface area contributed by atoms with Gasteiger partial charge in [0.2, 0.25) is 18.3 Å². The Morgan fingerprint density at radius 3 is 1.98 bits per heavy atom. The van der Waals surface area contributed by atoms with E-state index >= 15 is 0 Å². The Balaban J connectivity index is 1.96. The summed E-state index contributed by atoms with van der Waals surface area (Å²) in [5.74, 6) is -2.81. The van der Waals surface area contributed by atoms with Crippen molar-refractivity contribution in [3.05, 3.63) is 46.6 Å². The van der Waals surface area contributed by atoms with Crippen LogP contribution in [0.1, 0.15) is 69.8 Å². The van der Waals surface area contributed by atoms with Gasteiger partial charge in [0.1, 0.15) is 12.7 Å². The Morgan fingerprint density at radius 2 is 1.43 bits per heavy atom. The van der Waals surface area contributed by atoms with Crippen LogP contribution in [0.15, 0.2) is 24.3 Å². The van der Waals surface area contributed by atoms with Gasteiger partial charge < -0.3 is 28.4 Å². The van der Waals surface area contributed by atoms with E-state index in [0.717, 1.165) is 43.8 Å². The molecular weight excluding hydrogens is 628 g/mol. The molecule has 0 spiro atoms. The summed E-state index contributed by atoms with van der Waals surface area (Å²) in [6, 6.07) is 7.47. The molecule has 15 nitrogen and oxygen atoms in total. The van der Waals surface area contributed by atoms with E-state index in [1.165, 1.54) is 6.92 Å². The Kier molecular flexibility index (Phi) is 12.7. The summed E-state index contributed by atoms with van der Waals surface area (Å²) in [6.07, 6.45) is -5.01. The predicted molar refractivity (Wildman–Crippen MR) is 159 cm³/mol. The molecule has 1 aliphatic rings. The van der Waals surface area contributed by atoms with Crippen molar-refractivity contribution in [2.75, 3.05) is 19.5 Å². The van der Waals surface area contributed by atoms with Gasteiger partial charge in [-0.25, -0.2) is 0 Å². The fraction of sp³-hybridized carbons (Fsp3) is 0.567. The van der Waals surface area contributed by atoms with Crippen LogP contribution in [0, 0.1) is 0 Å². The van der Waals surface area contributed by atoms with Crippen molar-refractivity contribution >= 4 is 34.0 Å². The SMILES string of the molecule is CC(=O)OC[C@H]1O[C@@H](Oc2n[nH]c(C(C)C)c2Cc2ccc(CCOS(C)(=O)=O)cc2)[C@H](OC(C)=O)[C@@H](OC(C)=O)[C@@H]1OC(C)=O. The van der Waals surface area contributed by atoms with Crippen molar-refractivity contribution < 1.29 is 60.2 Å². The van der Waals surface area contributed by atoms with Crippen molar-refractivity contribution in [3.8, 4) is 5.88 Å². The number of benzene rings is 1. The van der Waals surface area contributed by atoms with Crippen molar-refractivity contribution in [3.63, 3.8) is 0 Å². The fourth-order valence-corrected chi connectivity index (χ4v) is 5.23. The summed E-state index contributed by atoms with van der Waals surface area (Å²) >= 11 is 0. The first-order valence-corrected chi connectivity index (χ1v) is 16.3. The number of esters is 4. The van der Waals surface area contributed by atoms with Gasteiger partial charge >= 0.3 is 23.9 Å². The molecule has 2 heterocycles. The Bertz CT molecular complexity index is 1490. The van der Waals surface area contributed by atoms with Gasteiger partial charge in [-0.3, -0.25) is 28.5 Å². The van der Waals surface area contributed by atoms with Crippen LogP contribution in [0.25, 0.3) is 0 Å². The zero-order chi connectivity index (χ0) is 34.2. The number of ether oxygens (including phenoxy) is 6. The molecular formula is C30H40N2O13S. The molecule has 46 heavy (non-hydrogen) atoms. The molecule has 1 aromatic heterocycles. The second kappa shape index (κ2) is 16.0. The van der Waals surface area contributed by atoms with Gasteiger partial charge in [-0.15, -0.1) is 5.10 Å². The number of carbonyl (C=O) groups is 4. The Labute approximate surface area is 267 Å². The lowest BCUT2D eigenvalue weighted by Gasteiger charge is -2.43. The number of rotatable bonds is 14. The molecule has 3 rings (SSSR count). The van der Waals surface area contributed by atoms with Crippen LogP contribution < -0.4 is 4.74 Å². The third-order valence-electron chi connectivity index (χ3n) is 6.71. The van der Waals surface area contributed by atoms with Crippen LogP contribution >= 0.6 is 0 Å². The molecule has 1 aromatic carbocycles. The first kappa shape index (κ1) is 36.4. The maximum absolute atomic E-state index is 12.2. The molecule has 1 aliphatic heterocycles. The molecule has 1 saturated heterocycles. The highest BCUT2D eigenvalue weighted by atomic mass is 32.2. The van der Waals surface area contributed by atoms with Gasteiger partial charge in [0, 0.05) is 45.4 Å². The molecule has 1 N–H and O–H groups in total. The van der Waals surface area contributed by atoms with Gasteiger partial charge in [0.25, 0.3) is 10.1 Å². The lowest BCUT2D eigenvalue weighted by molar-refractivity contribution is -0.289. The topological polar surface area (TPSA) is 196 Å². The van der Waals surface area contributed by atoms with Gasteiger partial charge in [-0.1, -0.05) is 38.1 Å². The number of nitrogens with zero attached hydrogens (tertiary/aromatic N) is 1. The lowest BCUT2D eigenvalue weighted by atomic mass is 9.97. The van der Waals surface area contributed by atoms with Gasteiger partial charge in [0.15, 0.2) is 12.2 Å². The van der Waals surface area contributed by atoms with E-state index in [-0.39, 0.29) is 18.4 Å². The number of H-pyrrole nitrogens is 1. The van der Waals surface area contributed by atoms with Crippen LogP contribution in [-0.2, 0) is 70.0 Å². The summed E-state index contributed by atoms with van der Waals surface area (Å²) < 4.78 is 61.2. The Morgan fingerprint density at radius 1 is 0.870 bits per heavy atom. The number of nitrogens with one attached hydrogen (secondary N) is 1. The molecule has 0 saturated carbocycles. The third kappa shape index (κ3) is 10.8. The second-order valence-electron chi connectivity index (χ2n) is 11.0. The van der Waals surface area contributed by atoms with Crippen molar-refractivity contribution in [1.82, 2.24) is 10.2 Å². The van der Waals surface area contributed by atoms with E-state index in [9.17, 15) is 27.6 Å². The van der Waals surface area contributed by atoms with Crippen molar-refractivity contribution in [2.45, 2.75) is 91.0 Å². The summed E-state index contributed by atoms with van der Waals surface area (Å²) in [7, 11) is -3.54. The molecule has 0 bridgehead atoms. The zero-order valence-corrected chi connectivity index (χ0v) is 27.6. The number of aromatic amines is 1. The maximum atomic E-state index is 12.2. The first-order chi connectivity index (χ1) is 21.5. The summed E-state index contributed by atoms with van der Waals surface area (Å²) in [4.78, 5) is 48.0. The lowest BCUT2D eigenvalue weighted by Crippen LogP contribution is -2.63. The molecule has 0 radical (unpaired) electrons. The highest BCUT2D eigenvalue weighted by Crippen LogP contribution is 2.34. The van der Waals surface area contributed by atoms with E-state index in [2.05, 4.69) is 10.2 Å². The molecule has 0 unspecified atom stereocenters. The minimum atomic E-state index is -3.54. The fourth-order valence-electron chi connectivity index (χ4n) is 4.84. The molecule has 1 fully saturated rings. The maximum Gasteiger partial charge on any atom is 0.303 e. The van der Waals surface area contributed by atoms with E-state index in [1.54, 1.807) is 0 Å². The smallest absolute Gasteiger partial charge is 0.303 e. The quantitative estimate of drug-likeness (QED) is 0.175. The standard InChI is InChI=1S/C30H40N2O13S/c1-16(2)25-23(14-22-10-8-21(9-11-22)12-13-40-46(7,37)38)29(32-31-25)45-30-28(43-20(6)36)27(42-19(5)35)26(41-18(4)34)24(44-30)15-39-17(3)33/h8-11,16,24,26-28,30H,12-15H2,1-7H3,(H,31,32)/t24-,26-,27+,28-,30+/m1/s1. The average molecular weight is 669 g/mol. The predicted octanol–water partition coefficient (Wildman–Crippen LogP) is 2.10. The van der Waals surface area contributed by atoms with Gasteiger partial charge in [-0.05, 0) is 23.5 Å². The number of carbonyl (C=O) groups excluding carboxylic acids is 4. The van der Waals surface area contributed by atoms with E-state index < -0.39 is 71.3 Å². The number of hydrogen-bond acceptors (Lipinski definition) is 14. The van der Waals surface area contributed by atoms with Crippen LogP contribution in [-0.4, -0.2) is 92.7 Å². The van der Waals surface area contributed by atoms with Crippen LogP contribution in [0.4, 0.5) is 0 Å². The molecule has 2 aromatic rings. The van der Waals surface area contributed by atoms with E-state index in [0.29, 0.717) is 18.4 Å².